The lowest BCUT2D eigenvalue weighted by molar-refractivity contribution is -0.121. The molecule has 3 nitrogen and oxygen atoms in total. The predicted octanol–water partition coefficient (Wildman–Crippen LogP) is 2.70. The number of carbonyl (C=O) groups excluding carboxylic acids is 1. The third kappa shape index (κ3) is 6.39. The fourth-order valence-electron chi connectivity index (χ4n) is 2.15. The quantitative estimate of drug-likeness (QED) is 0.794. The highest BCUT2D eigenvalue weighted by atomic mass is 16.3. The van der Waals surface area contributed by atoms with Crippen LogP contribution >= 0.6 is 0 Å². The molecule has 0 aliphatic heterocycles. The minimum Gasteiger partial charge on any atom is -0.393 e. The van der Waals surface area contributed by atoms with Gasteiger partial charge in [-0.25, -0.2) is 0 Å². The maximum absolute atomic E-state index is 11.7. The van der Waals surface area contributed by atoms with Gasteiger partial charge in [0, 0.05) is 18.9 Å². The molecule has 2 unspecified atom stereocenters. The predicted molar refractivity (Wildman–Crippen MR) is 77.9 cm³/mol. The monoisotopic (exact) mass is 263 g/mol. The van der Waals surface area contributed by atoms with Crippen LogP contribution in [0.1, 0.15) is 45.1 Å². The molecule has 2 atom stereocenters. The first-order valence-corrected chi connectivity index (χ1v) is 6.98. The maximum atomic E-state index is 11.7. The van der Waals surface area contributed by atoms with Crippen LogP contribution in [0, 0.1) is 5.92 Å². The summed E-state index contributed by atoms with van der Waals surface area (Å²) in [6.07, 6.45) is 0.842. The molecule has 0 aliphatic rings. The normalized spacial score (nSPS) is 14.2. The van der Waals surface area contributed by atoms with E-state index in [-0.39, 0.29) is 17.9 Å². The van der Waals surface area contributed by atoms with Gasteiger partial charge >= 0.3 is 0 Å². The number of benzene rings is 1. The summed E-state index contributed by atoms with van der Waals surface area (Å²) in [5, 5.41) is 12.5. The molecular formula is C16H25NO2. The maximum Gasteiger partial charge on any atom is 0.220 e. The van der Waals surface area contributed by atoms with Crippen LogP contribution in [0.15, 0.2) is 30.3 Å². The molecule has 106 valence electrons. The summed E-state index contributed by atoms with van der Waals surface area (Å²) >= 11 is 0. The summed E-state index contributed by atoms with van der Waals surface area (Å²) in [5.74, 6) is 0.616. The Bertz CT molecular complexity index is 374. The second kappa shape index (κ2) is 7.95. The van der Waals surface area contributed by atoms with E-state index in [4.69, 9.17) is 0 Å². The number of rotatable bonds is 7. The second-order valence-electron chi connectivity index (χ2n) is 5.59. The van der Waals surface area contributed by atoms with Crippen molar-refractivity contribution in [3.8, 4) is 0 Å². The van der Waals surface area contributed by atoms with Crippen LogP contribution in [0.5, 0.6) is 0 Å². The van der Waals surface area contributed by atoms with Crippen LogP contribution in [-0.2, 0) is 4.79 Å². The molecule has 1 aromatic rings. The third-order valence-electron chi connectivity index (χ3n) is 3.04. The molecule has 0 radical (unpaired) electrons. The topological polar surface area (TPSA) is 49.3 Å². The van der Waals surface area contributed by atoms with Crippen molar-refractivity contribution in [3.05, 3.63) is 35.9 Å². The van der Waals surface area contributed by atoms with Gasteiger partial charge in [0.05, 0.1) is 6.10 Å². The average molecular weight is 263 g/mol. The first kappa shape index (κ1) is 15.7. The van der Waals surface area contributed by atoms with Crippen LogP contribution in [0.3, 0.4) is 0 Å². The van der Waals surface area contributed by atoms with Crippen molar-refractivity contribution in [1.29, 1.82) is 0 Å². The van der Waals surface area contributed by atoms with Gasteiger partial charge < -0.3 is 10.4 Å². The van der Waals surface area contributed by atoms with E-state index in [1.54, 1.807) is 6.92 Å². The van der Waals surface area contributed by atoms with Gasteiger partial charge in [0.1, 0.15) is 0 Å². The zero-order chi connectivity index (χ0) is 14.3. The summed E-state index contributed by atoms with van der Waals surface area (Å²) in [6.45, 7) is 6.43. The van der Waals surface area contributed by atoms with Crippen LogP contribution < -0.4 is 5.32 Å². The number of nitrogens with one attached hydrogen (secondary N) is 1. The van der Waals surface area contributed by atoms with Gasteiger partial charge in [-0.15, -0.1) is 0 Å². The molecule has 0 spiro atoms. The summed E-state index contributed by atoms with van der Waals surface area (Å²) < 4.78 is 0. The molecule has 0 aliphatic carbocycles. The van der Waals surface area contributed by atoms with Crippen molar-refractivity contribution in [1.82, 2.24) is 5.32 Å². The van der Waals surface area contributed by atoms with E-state index in [9.17, 15) is 9.90 Å². The van der Waals surface area contributed by atoms with Crippen LogP contribution in [0.4, 0.5) is 0 Å². The summed E-state index contributed by atoms with van der Waals surface area (Å²) in [4.78, 5) is 11.7. The fourth-order valence-corrected chi connectivity index (χ4v) is 2.15. The first-order valence-electron chi connectivity index (χ1n) is 6.98. The Labute approximate surface area is 116 Å². The molecule has 0 bridgehead atoms. The molecule has 1 amide bonds. The van der Waals surface area contributed by atoms with Crippen molar-refractivity contribution >= 4 is 5.91 Å². The van der Waals surface area contributed by atoms with E-state index in [1.165, 1.54) is 0 Å². The van der Waals surface area contributed by atoms with Gasteiger partial charge in [0.25, 0.3) is 0 Å². The number of amides is 1. The van der Waals surface area contributed by atoms with Gasteiger partial charge in [0.2, 0.25) is 5.91 Å². The number of carbonyl (C=O) groups is 1. The van der Waals surface area contributed by atoms with Crippen molar-refractivity contribution < 1.29 is 9.90 Å². The highest BCUT2D eigenvalue weighted by Crippen LogP contribution is 2.20. The number of hydrogen-bond acceptors (Lipinski definition) is 2. The van der Waals surface area contributed by atoms with E-state index >= 15 is 0 Å². The van der Waals surface area contributed by atoms with Crippen molar-refractivity contribution in [2.24, 2.45) is 5.92 Å². The average Bonchev–Trinajstić information content (AvgIpc) is 2.34. The van der Waals surface area contributed by atoms with Gasteiger partial charge in [-0.3, -0.25) is 4.79 Å². The molecular weight excluding hydrogens is 238 g/mol. The molecule has 3 heteroatoms. The Hall–Kier alpha value is -1.35. The minimum atomic E-state index is -0.368. The fraction of sp³-hybridized carbons (Fsp3) is 0.562. The summed E-state index contributed by atoms with van der Waals surface area (Å²) in [7, 11) is 0. The van der Waals surface area contributed by atoms with E-state index < -0.39 is 0 Å². The van der Waals surface area contributed by atoms with Crippen LogP contribution in [-0.4, -0.2) is 23.7 Å². The molecule has 0 saturated carbocycles. The van der Waals surface area contributed by atoms with Crippen molar-refractivity contribution in [2.45, 2.75) is 45.6 Å². The van der Waals surface area contributed by atoms with Gasteiger partial charge in [-0.05, 0) is 24.8 Å². The second-order valence-corrected chi connectivity index (χ2v) is 5.59. The van der Waals surface area contributed by atoms with E-state index in [2.05, 4.69) is 5.32 Å². The number of hydrogen-bond donors (Lipinski definition) is 2. The van der Waals surface area contributed by atoms with Crippen LogP contribution in [0.2, 0.25) is 0 Å². The Morgan fingerprint density at radius 3 is 2.37 bits per heavy atom. The Morgan fingerprint density at radius 2 is 1.84 bits per heavy atom. The Balaban J connectivity index is 2.58. The molecule has 1 aromatic carbocycles. The van der Waals surface area contributed by atoms with Crippen LogP contribution in [0.25, 0.3) is 0 Å². The molecule has 1 rings (SSSR count). The van der Waals surface area contributed by atoms with E-state index in [0.717, 1.165) is 5.56 Å². The van der Waals surface area contributed by atoms with E-state index in [1.807, 2.05) is 44.2 Å². The molecule has 0 saturated heterocycles. The Kier molecular flexibility index (Phi) is 6.57. The molecule has 0 heterocycles. The number of aliphatic hydroxyl groups is 1. The highest BCUT2D eigenvalue weighted by Gasteiger charge is 2.15. The number of aliphatic hydroxyl groups excluding tert-OH is 1. The zero-order valence-corrected chi connectivity index (χ0v) is 12.1. The zero-order valence-electron chi connectivity index (χ0n) is 12.1. The smallest absolute Gasteiger partial charge is 0.220 e. The summed E-state index contributed by atoms with van der Waals surface area (Å²) in [5.41, 5.74) is 1.16. The largest absolute Gasteiger partial charge is 0.393 e. The minimum absolute atomic E-state index is 0.0847. The standard InChI is InChI=1S/C16H25NO2/c1-12(2)9-16(19)17-11-15(10-13(3)18)14-7-5-4-6-8-14/h4-8,12-13,15,18H,9-11H2,1-3H3,(H,17,19). The Morgan fingerprint density at radius 1 is 1.21 bits per heavy atom. The van der Waals surface area contributed by atoms with E-state index in [0.29, 0.717) is 25.3 Å². The molecule has 0 fully saturated rings. The highest BCUT2D eigenvalue weighted by molar-refractivity contribution is 5.76. The SMILES string of the molecule is CC(C)CC(=O)NCC(CC(C)O)c1ccccc1. The van der Waals surface area contributed by atoms with Gasteiger partial charge in [0.15, 0.2) is 0 Å². The van der Waals surface area contributed by atoms with Gasteiger partial charge in [-0.1, -0.05) is 44.2 Å². The first-order chi connectivity index (χ1) is 8.99. The summed E-state index contributed by atoms with van der Waals surface area (Å²) in [6, 6.07) is 10.0. The lowest BCUT2D eigenvalue weighted by Gasteiger charge is -2.20. The third-order valence-corrected chi connectivity index (χ3v) is 3.04. The molecule has 2 N–H and O–H groups in total. The lowest BCUT2D eigenvalue weighted by atomic mass is 9.93. The van der Waals surface area contributed by atoms with Gasteiger partial charge in [-0.2, -0.15) is 0 Å². The molecule has 19 heavy (non-hydrogen) atoms. The van der Waals surface area contributed by atoms with Crippen molar-refractivity contribution in [3.63, 3.8) is 0 Å². The lowest BCUT2D eigenvalue weighted by Crippen LogP contribution is -2.30. The molecule has 0 aromatic heterocycles. The van der Waals surface area contributed by atoms with Crippen molar-refractivity contribution in [2.75, 3.05) is 6.54 Å².